The van der Waals surface area contributed by atoms with Gasteiger partial charge in [-0.05, 0) is 31.2 Å². The summed E-state index contributed by atoms with van der Waals surface area (Å²) in [5.74, 6) is 0.304. The molecule has 0 radical (unpaired) electrons. The summed E-state index contributed by atoms with van der Waals surface area (Å²) >= 11 is 0. The number of sulfonamides is 1. The molecule has 0 saturated carbocycles. The van der Waals surface area contributed by atoms with Gasteiger partial charge in [-0.2, -0.15) is 0 Å². The standard InChI is InChI=1S/C16H16N4O2S/c1-12-4-3-5-16(18-12)19-23(21,22)14-8-6-13(7-9-14)15-10-20(2)11-17-15/h3-11H,1-2H3,(H,18,19). The van der Waals surface area contributed by atoms with Crippen molar-refractivity contribution in [2.24, 2.45) is 7.05 Å². The first-order chi connectivity index (χ1) is 10.9. The van der Waals surface area contributed by atoms with E-state index in [-0.39, 0.29) is 4.90 Å². The van der Waals surface area contributed by atoms with Crippen LogP contribution in [0.25, 0.3) is 11.3 Å². The maximum atomic E-state index is 12.4. The molecular weight excluding hydrogens is 312 g/mol. The summed E-state index contributed by atoms with van der Waals surface area (Å²) in [7, 11) is -1.78. The molecule has 0 aliphatic rings. The van der Waals surface area contributed by atoms with Crippen molar-refractivity contribution in [1.82, 2.24) is 14.5 Å². The molecule has 0 amide bonds. The van der Waals surface area contributed by atoms with Gasteiger partial charge in [0, 0.05) is 24.5 Å². The summed E-state index contributed by atoms with van der Waals surface area (Å²) in [5.41, 5.74) is 2.40. The molecule has 0 aliphatic carbocycles. The zero-order valence-electron chi connectivity index (χ0n) is 12.8. The van der Waals surface area contributed by atoms with Crippen molar-refractivity contribution in [3.05, 3.63) is 60.7 Å². The Morgan fingerprint density at radius 1 is 1.09 bits per heavy atom. The van der Waals surface area contributed by atoms with Crippen LogP contribution in [0.3, 0.4) is 0 Å². The van der Waals surface area contributed by atoms with Crippen molar-refractivity contribution >= 4 is 15.8 Å². The molecule has 118 valence electrons. The molecule has 0 saturated heterocycles. The number of pyridine rings is 1. The van der Waals surface area contributed by atoms with E-state index in [0.717, 1.165) is 17.0 Å². The molecule has 0 spiro atoms. The van der Waals surface area contributed by atoms with E-state index in [0.29, 0.717) is 5.82 Å². The van der Waals surface area contributed by atoms with Gasteiger partial charge in [0.1, 0.15) is 5.82 Å². The molecular formula is C16H16N4O2S. The van der Waals surface area contributed by atoms with Gasteiger partial charge in [-0.15, -0.1) is 0 Å². The van der Waals surface area contributed by atoms with E-state index in [1.807, 2.05) is 17.8 Å². The number of nitrogens with one attached hydrogen (secondary N) is 1. The van der Waals surface area contributed by atoms with E-state index in [1.165, 1.54) is 0 Å². The van der Waals surface area contributed by atoms with E-state index < -0.39 is 10.0 Å². The molecule has 0 aliphatic heterocycles. The van der Waals surface area contributed by atoms with E-state index >= 15 is 0 Å². The first-order valence-electron chi connectivity index (χ1n) is 6.99. The van der Waals surface area contributed by atoms with E-state index in [1.54, 1.807) is 55.7 Å². The van der Waals surface area contributed by atoms with Gasteiger partial charge >= 0.3 is 0 Å². The lowest BCUT2D eigenvalue weighted by molar-refractivity contribution is 0.601. The van der Waals surface area contributed by atoms with Crippen molar-refractivity contribution in [2.75, 3.05) is 4.72 Å². The van der Waals surface area contributed by atoms with E-state index in [9.17, 15) is 8.42 Å². The Morgan fingerprint density at radius 3 is 2.43 bits per heavy atom. The Bertz CT molecular complexity index is 931. The van der Waals surface area contributed by atoms with Crippen molar-refractivity contribution in [3.63, 3.8) is 0 Å². The second-order valence-corrected chi connectivity index (χ2v) is 6.90. The SMILES string of the molecule is Cc1cccc(NS(=O)(=O)c2ccc(-c3cn(C)cn3)cc2)n1. The van der Waals surface area contributed by atoms with Crippen molar-refractivity contribution in [2.45, 2.75) is 11.8 Å². The van der Waals surface area contributed by atoms with E-state index in [4.69, 9.17) is 0 Å². The fraction of sp³-hybridized carbons (Fsp3) is 0.125. The van der Waals surface area contributed by atoms with Crippen LogP contribution in [0.15, 0.2) is 59.9 Å². The fourth-order valence-electron chi connectivity index (χ4n) is 2.16. The molecule has 3 aromatic rings. The van der Waals surface area contributed by atoms with Crippen LogP contribution in [-0.2, 0) is 17.1 Å². The summed E-state index contributed by atoms with van der Waals surface area (Å²) < 4.78 is 29.1. The molecule has 1 N–H and O–H groups in total. The number of nitrogens with zero attached hydrogens (tertiary/aromatic N) is 3. The molecule has 23 heavy (non-hydrogen) atoms. The predicted molar refractivity (Wildman–Crippen MR) is 88.4 cm³/mol. The Morgan fingerprint density at radius 2 is 1.83 bits per heavy atom. The highest BCUT2D eigenvalue weighted by molar-refractivity contribution is 7.92. The summed E-state index contributed by atoms with van der Waals surface area (Å²) in [6.45, 7) is 1.81. The van der Waals surface area contributed by atoms with Gasteiger partial charge in [-0.25, -0.2) is 18.4 Å². The van der Waals surface area contributed by atoms with Gasteiger partial charge in [-0.3, -0.25) is 4.72 Å². The lowest BCUT2D eigenvalue weighted by atomic mass is 10.2. The third-order valence-corrected chi connectivity index (χ3v) is 4.66. The zero-order chi connectivity index (χ0) is 16.4. The summed E-state index contributed by atoms with van der Waals surface area (Å²) in [5, 5.41) is 0. The second kappa shape index (κ2) is 5.85. The van der Waals surface area contributed by atoms with E-state index in [2.05, 4.69) is 14.7 Å². The minimum atomic E-state index is -3.66. The number of anilines is 1. The van der Waals surface area contributed by atoms with Gasteiger partial charge in [0.2, 0.25) is 0 Å². The molecule has 0 fully saturated rings. The number of imidazole rings is 1. The van der Waals surface area contributed by atoms with Gasteiger partial charge in [0.15, 0.2) is 0 Å². The number of rotatable bonds is 4. The number of aromatic nitrogens is 3. The minimum absolute atomic E-state index is 0.181. The van der Waals surface area contributed by atoms with Crippen molar-refractivity contribution in [3.8, 4) is 11.3 Å². The molecule has 2 heterocycles. The van der Waals surface area contributed by atoms with Crippen LogP contribution in [0.1, 0.15) is 5.69 Å². The lowest BCUT2D eigenvalue weighted by Gasteiger charge is -2.08. The monoisotopic (exact) mass is 328 g/mol. The molecule has 0 bridgehead atoms. The summed E-state index contributed by atoms with van der Waals surface area (Å²) in [4.78, 5) is 8.57. The smallest absolute Gasteiger partial charge is 0.263 e. The number of hydrogen-bond acceptors (Lipinski definition) is 4. The maximum absolute atomic E-state index is 12.4. The van der Waals surface area contributed by atoms with Crippen LogP contribution in [0.4, 0.5) is 5.82 Å². The van der Waals surface area contributed by atoms with Crippen LogP contribution in [-0.4, -0.2) is 23.0 Å². The normalized spacial score (nSPS) is 11.4. The predicted octanol–water partition coefficient (Wildman–Crippen LogP) is 2.59. The number of benzene rings is 1. The average Bonchev–Trinajstić information content (AvgIpc) is 2.93. The molecule has 1 aromatic carbocycles. The average molecular weight is 328 g/mol. The molecule has 6 nitrogen and oxygen atoms in total. The highest BCUT2D eigenvalue weighted by Gasteiger charge is 2.15. The first kappa shape index (κ1) is 15.2. The minimum Gasteiger partial charge on any atom is -0.340 e. The van der Waals surface area contributed by atoms with Crippen molar-refractivity contribution in [1.29, 1.82) is 0 Å². The molecule has 3 rings (SSSR count). The third-order valence-electron chi connectivity index (χ3n) is 3.29. The molecule has 7 heteroatoms. The quantitative estimate of drug-likeness (QED) is 0.798. The molecule has 0 atom stereocenters. The van der Waals surface area contributed by atoms with Crippen molar-refractivity contribution < 1.29 is 8.42 Å². The number of hydrogen-bond donors (Lipinski definition) is 1. The Kier molecular flexibility index (Phi) is 3.87. The fourth-order valence-corrected chi connectivity index (χ4v) is 3.16. The topological polar surface area (TPSA) is 76.9 Å². The highest BCUT2D eigenvalue weighted by Crippen LogP contribution is 2.20. The number of aryl methyl sites for hydroxylation is 2. The van der Waals surface area contributed by atoms with Crippen LogP contribution in [0.2, 0.25) is 0 Å². The Hall–Kier alpha value is -2.67. The largest absolute Gasteiger partial charge is 0.340 e. The summed E-state index contributed by atoms with van der Waals surface area (Å²) in [6.07, 6.45) is 3.57. The van der Waals surface area contributed by atoms with Gasteiger partial charge < -0.3 is 4.57 Å². The van der Waals surface area contributed by atoms with Crippen LogP contribution in [0.5, 0.6) is 0 Å². The highest BCUT2D eigenvalue weighted by atomic mass is 32.2. The first-order valence-corrected chi connectivity index (χ1v) is 8.47. The van der Waals surface area contributed by atoms with Gasteiger partial charge in [-0.1, -0.05) is 18.2 Å². The third kappa shape index (κ3) is 3.40. The van der Waals surface area contributed by atoms with Gasteiger partial charge in [0.05, 0.1) is 16.9 Å². The maximum Gasteiger partial charge on any atom is 0.263 e. The van der Waals surface area contributed by atoms with Crippen LogP contribution >= 0.6 is 0 Å². The lowest BCUT2D eigenvalue weighted by Crippen LogP contribution is -2.14. The van der Waals surface area contributed by atoms with Crippen LogP contribution in [0, 0.1) is 6.92 Å². The summed E-state index contributed by atoms with van der Waals surface area (Å²) in [6, 6.07) is 11.8. The van der Waals surface area contributed by atoms with Crippen LogP contribution < -0.4 is 4.72 Å². The Labute approximate surface area is 134 Å². The van der Waals surface area contributed by atoms with Gasteiger partial charge in [0.25, 0.3) is 10.0 Å². The Balaban J connectivity index is 1.86. The zero-order valence-corrected chi connectivity index (χ0v) is 13.6. The molecule has 0 unspecified atom stereocenters. The molecule has 2 aromatic heterocycles. The second-order valence-electron chi connectivity index (χ2n) is 5.22.